The van der Waals surface area contributed by atoms with E-state index >= 15 is 0 Å². The summed E-state index contributed by atoms with van der Waals surface area (Å²) < 4.78 is 16.4. The van der Waals surface area contributed by atoms with Crippen LogP contribution in [-0.4, -0.2) is 40.9 Å². The van der Waals surface area contributed by atoms with Crippen molar-refractivity contribution >= 4 is 22.9 Å². The second kappa shape index (κ2) is 10.7. The number of nitrogens with one attached hydrogen (secondary N) is 1. The molecule has 0 saturated heterocycles. The van der Waals surface area contributed by atoms with Gasteiger partial charge in [-0.05, 0) is 67.5 Å². The molecule has 1 aliphatic heterocycles. The van der Waals surface area contributed by atoms with Gasteiger partial charge in [-0.1, -0.05) is 37.1 Å². The summed E-state index contributed by atoms with van der Waals surface area (Å²) in [6, 6.07) is 15.3. The zero-order valence-corrected chi connectivity index (χ0v) is 20.8. The molecule has 178 valence electrons. The Kier molecular flexibility index (Phi) is 7.47. The number of hydrogen-bond donors (Lipinski definition) is 1. The lowest BCUT2D eigenvalue weighted by atomic mass is 9.94. The van der Waals surface area contributed by atoms with Crippen LogP contribution in [0.2, 0.25) is 0 Å². The van der Waals surface area contributed by atoms with Crippen LogP contribution >= 0.6 is 12.2 Å². The zero-order valence-electron chi connectivity index (χ0n) is 20.0. The number of benzene rings is 2. The molecule has 0 amide bonds. The molecule has 0 fully saturated rings. The summed E-state index contributed by atoms with van der Waals surface area (Å²) in [5.41, 5.74) is 3.83. The van der Waals surface area contributed by atoms with E-state index in [-0.39, 0.29) is 6.04 Å². The van der Waals surface area contributed by atoms with Crippen molar-refractivity contribution in [2.75, 3.05) is 20.8 Å². The molecule has 1 N–H and O–H groups in total. The molecule has 1 atom stereocenters. The van der Waals surface area contributed by atoms with Gasteiger partial charge >= 0.3 is 0 Å². The van der Waals surface area contributed by atoms with E-state index in [0.717, 1.165) is 59.7 Å². The molecule has 2 heterocycles. The van der Waals surface area contributed by atoms with Crippen LogP contribution in [0.3, 0.4) is 0 Å². The van der Waals surface area contributed by atoms with Crippen LogP contribution in [0.5, 0.6) is 11.5 Å². The lowest BCUT2D eigenvalue weighted by Crippen LogP contribution is -2.46. The van der Waals surface area contributed by atoms with Crippen molar-refractivity contribution in [3.8, 4) is 22.9 Å². The Bertz CT molecular complexity index is 1160. The molecule has 8 heteroatoms. The third kappa shape index (κ3) is 4.92. The molecular weight excluding hydrogens is 448 g/mol. The number of ether oxygens (including phenoxy) is 2. The van der Waals surface area contributed by atoms with Gasteiger partial charge in [0.15, 0.2) is 5.11 Å². The van der Waals surface area contributed by atoms with Gasteiger partial charge in [-0.15, -0.1) is 0 Å². The summed E-state index contributed by atoms with van der Waals surface area (Å²) in [6.07, 6.45) is 3.34. The smallest absolute Gasteiger partial charge is 0.258 e. The van der Waals surface area contributed by atoms with Crippen LogP contribution in [0.15, 0.2) is 58.8 Å². The molecule has 3 aromatic rings. The number of rotatable bonds is 9. The Balaban J connectivity index is 1.74. The summed E-state index contributed by atoms with van der Waals surface area (Å²) in [6.45, 7) is 5.10. The predicted molar refractivity (Wildman–Crippen MR) is 137 cm³/mol. The summed E-state index contributed by atoms with van der Waals surface area (Å²) in [5.74, 6) is 2.57. The molecule has 1 aliphatic rings. The van der Waals surface area contributed by atoms with Crippen molar-refractivity contribution < 1.29 is 14.0 Å². The van der Waals surface area contributed by atoms with Gasteiger partial charge in [0.25, 0.3) is 5.89 Å². The second-order valence-corrected chi connectivity index (χ2v) is 8.55. The van der Waals surface area contributed by atoms with Crippen LogP contribution in [0, 0.1) is 0 Å². The maximum absolute atomic E-state index is 5.81. The average molecular weight is 479 g/mol. The van der Waals surface area contributed by atoms with Gasteiger partial charge in [0.05, 0.1) is 25.8 Å². The van der Waals surface area contributed by atoms with Gasteiger partial charge in [0, 0.05) is 17.8 Å². The van der Waals surface area contributed by atoms with Crippen LogP contribution in [0.1, 0.15) is 50.6 Å². The molecule has 0 spiro atoms. The Morgan fingerprint density at radius 2 is 1.65 bits per heavy atom. The van der Waals surface area contributed by atoms with Gasteiger partial charge < -0.3 is 24.2 Å². The highest BCUT2D eigenvalue weighted by molar-refractivity contribution is 7.80. The SMILES string of the molecule is CCCCCN1C(=S)NC(c2ccc(OC)cc2)C(c2nc(-c3ccc(OC)cc3)no2)=C1C. The van der Waals surface area contributed by atoms with Crippen LogP contribution in [-0.2, 0) is 0 Å². The molecule has 0 saturated carbocycles. The van der Waals surface area contributed by atoms with Crippen molar-refractivity contribution in [2.45, 2.75) is 39.2 Å². The first-order valence-corrected chi connectivity index (χ1v) is 11.9. The molecule has 0 radical (unpaired) electrons. The van der Waals surface area contributed by atoms with Gasteiger partial charge in [-0.25, -0.2) is 0 Å². The molecule has 1 aromatic heterocycles. The van der Waals surface area contributed by atoms with Gasteiger partial charge in [0.1, 0.15) is 11.5 Å². The van der Waals surface area contributed by atoms with Crippen LogP contribution < -0.4 is 14.8 Å². The van der Waals surface area contributed by atoms with Gasteiger partial charge in [-0.2, -0.15) is 4.98 Å². The number of allylic oxidation sites excluding steroid dienone is 1. The average Bonchev–Trinajstić information content (AvgIpc) is 3.35. The van der Waals surface area contributed by atoms with Crippen molar-refractivity contribution in [3.05, 3.63) is 65.7 Å². The summed E-state index contributed by atoms with van der Waals surface area (Å²) in [5, 5.41) is 8.47. The second-order valence-electron chi connectivity index (χ2n) is 8.17. The van der Waals surface area contributed by atoms with Crippen LogP contribution in [0.4, 0.5) is 0 Å². The van der Waals surface area contributed by atoms with Gasteiger partial charge in [0.2, 0.25) is 5.82 Å². The Morgan fingerprint density at radius 3 is 2.26 bits per heavy atom. The molecule has 1 unspecified atom stereocenters. The van der Waals surface area contributed by atoms with E-state index in [0.29, 0.717) is 16.8 Å². The lowest BCUT2D eigenvalue weighted by molar-refractivity contribution is 0.395. The minimum absolute atomic E-state index is 0.218. The predicted octanol–water partition coefficient (Wildman–Crippen LogP) is 5.61. The Labute approximate surface area is 205 Å². The number of hydrogen-bond acceptors (Lipinski definition) is 6. The number of thiocarbonyl (C=S) groups is 1. The topological polar surface area (TPSA) is 72.7 Å². The van der Waals surface area contributed by atoms with E-state index in [9.17, 15) is 0 Å². The maximum Gasteiger partial charge on any atom is 0.258 e. The van der Waals surface area contributed by atoms with Crippen molar-refractivity contribution in [3.63, 3.8) is 0 Å². The fourth-order valence-corrected chi connectivity index (χ4v) is 4.43. The van der Waals surface area contributed by atoms with E-state index < -0.39 is 0 Å². The van der Waals surface area contributed by atoms with E-state index in [4.69, 9.17) is 31.2 Å². The highest BCUT2D eigenvalue weighted by Crippen LogP contribution is 2.38. The number of aromatic nitrogens is 2. The Hall–Kier alpha value is -3.39. The number of unbranched alkanes of at least 4 members (excludes halogenated alkanes) is 2. The molecule has 0 bridgehead atoms. The standard InChI is InChI=1S/C26H30N4O3S/c1-5-6-7-16-30-17(2)22(23(27-26(30)34)18-8-12-20(31-3)13-9-18)25-28-24(29-33-25)19-10-14-21(32-4)15-11-19/h8-15,23H,5-7,16H2,1-4H3,(H,27,34). The van der Waals surface area contributed by atoms with Gasteiger partial charge in [-0.3, -0.25) is 0 Å². The lowest BCUT2D eigenvalue weighted by Gasteiger charge is -2.37. The monoisotopic (exact) mass is 478 g/mol. The summed E-state index contributed by atoms with van der Waals surface area (Å²) in [7, 11) is 3.30. The van der Waals surface area contributed by atoms with Crippen LogP contribution in [0.25, 0.3) is 17.0 Å². The van der Waals surface area contributed by atoms with E-state index in [1.165, 1.54) is 0 Å². The maximum atomic E-state index is 5.81. The Morgan fingerprint density at radius 1 is 1.00 bits per heavy atom. The van der Waals surface area contributed by atoms with Crippen molar-refractivity contribution in [2.24, 2.45) is 0 Å². The minimum Gasteiger partial charge on any atom is -0.497 e. The third-order valence-corrected chi connectivity index (χ3v) is 6.37. The molecule has 7 nitrogen and oxygen atoms in total. The first kappa shape index (κ1) is 23.8. The molecule has 0 aliphatic carbocycles. The largest absolute Gasteiger partial charge is 0.497 e. The third-order valence-electron chi connectivity index (χ3n) is 6.04. The van der Waals surface area contributed by atoms with Crippen molar-refractivity contribution in [1.82, 2.24) is 20.4 Å². The first-order chi connectivity index (χ1) is 16.5. The minimum atomic E-state index is -0.218. The first-order valence-electron chi connectivity index (χ1n) is 11.5. The molecule has 4 rings (SSSR count). The van der Waals surface area contributed by atoms with E-state index in [1.807, 2.05) is 48.5 Å². The summed E-state index contributed by atoms with van der Waals surface area (Å²) in [4.78, 5) is 6.90. The molecule has 2 aromatic carbocycles. The fourth-order valence-electron chi connectivity index (χ4n) is 4.08. The summed E-state index contributed by atoms with van der Waals surface area (Å²) >= 11 is 5.77. The fraction of sp³-hybridized carbons (Fsp3) is 0.346. The zero-order chi connectivity index (χ0) is 24.1. The quantitative estimate of drug-likeness (QED) is 0.314. The normalized spacial score (nSPS) is 15.9. The molecule has 34 heavy (non-hydrogen) atoms. The number of nitrogens with zero attached hydrogens (tertiary/aromatic N) is 3. The van der Waals surface area contributed by atoms with Crippen molar-refractivity contribution in [1.29, 1.82) is 0 Å². The van der Waals surface area contributed by atoms with E-state index in [1.54, 1.807) is 14.2 Å². The highest BCUT2D eigenvalue weighted by atomic mass is 32.1. The van der Waals surface area contributed by atoms with E-state index in [2.05, 4.69) is 29.2 Å². The highest BCUT2D eigenvalue weighted by Gasteiger charge is 2.33. The molecular formula is C26H30N4O3S. The number of methoxy groups -OCH3 is 2.